The molecule has 11 aromatic carbocycles. The molecule has 4 aliphatic carbocycles. The molecule has 364 valence electrons. The van der Waals surface area contributed by atoms with Crippen LogP contribution in [0.4, 0.5) is 0 Å². The first-order chi connectivity index (χ1) is 38.4. The summed E-state index contributed by atoms with van der Waals surface area (Å²) in [7, 11) is 0. The second-order valence-electron chi connectivity index (χ2n) is 22.1. The highest BCUT2D eigenvalue weighted by atomic mass is 32.1. The summed E-state index contributed by atoms with van der Waals surface area (Å²) in [5.41, 5.74) is 24.4. The first-order valence-electron chi connectivity index (χ1n) is 27.1. The van der Waals surface area contributed by atoms with E-state index in [-0.39, 0.29) is 5.41 Å². The molecule has 2 aromatic heterocycles. The second-order valence-corrected chi connectivity index (χ2v) is 23.2. The lowest BCUT2D eigenvalue weighted by Gasteiger charge is -2.48. The molecule has 4 aliphatic rings. The van der Waals surface area contributed by atoms with Crippen LogP contribution in [0.3, 0.4) is 0 Å². The molecule has 0 saturated heterocycles. The van der Waals surface area contributed by atoms with Crippen LogP contribution in [0.1, 0.15) is 69.5 Å². The highest BCUT2D eigenvalue weighted by Gasteiger charge is 2.59. The van der Waals surface area contributed by atoms with Gasteiger partial charge in [0, 0.05) is 42.3 Å². The van der Waals surface area contributed by atoms with Crippen molar-refractivity contribution in [2.24, 2.45) is 0 Å². The van der Waals surface area contributed by atoms with Crippen LogP contribution in [0, 0.1) is 0 Å². The summed E-state index contributed by atoms with van der Waals surface area (Å²) >= 11 is 1.88. The van der Waals surface area contributed by atoms with Crippen molar-refractivity contribution in [2.45, 2.75) is 30.1 Å². The van der Waals surface area contributed by atoms with Gasteiger partial charge in [0.1, 0.15) is 0 Å². The molecule has 17 rings (SSSR count). The highest BCUT2D eigenvalue weighted by Crippen LogP contribution is 2.68. The van der Waals surface area contributed by atoms with E-state index in [1.54, 1.807) is 0 Å². The van der Waals surface area contributed by atoms with E-state index >= 15 is 0 Å². The quantitative estimate of drug-likeness (QED) is 0.176. The fourth-order valence-corrected chi connectivity index (χ4v) is 15.8. The van der Waals surface area contributed by atoms with Crippen molar-refractivity contribution < 1.29 is 0 Å². The molecule has 0 amide bonds. The summed E-state index contributed by atoms with van der Waals surface area (Å²) in [6, 6.07) is 92.8. The Morgan fingerprint density at radius 1 is 0.256 bits per heavy atom. The van der Waals surface area contributed by atoms with Gasteiger partial charge in [-0.1, -0.05) is 232 Å². The van der Waals surface area contributed by atoms with Crippen LogP contribution in [0.5, 0.6) is 0 Å². The molecule has 0 saturated carbocycles. The molecule has 0 N–H and O–H groups in total. The van der Waals surface area contributed by atoms with Gasteiger partial charge in [0.25, 0.3) is 0 Å². The van der Waals surface area contributed by atoms with Crippen LogP contribution in [0.15, 0.2) is 249 Å². The highest BCUT2D eigenvalue weighted by molar-refractivity contribution is 7.25. The molecule has 2 spiro atoms. The van der Waals surface area contributed by atoms with E-state index in [0.717, 1.165) is 22.3 Å². The minimum absolute atomic E-state index is 0.189. The minimum Gasteiger partial charge on any atom is -0.208 e. The SMILES string of the molecule is CC1(C)c2ccccc2-c2ccc(-c3nc(-c4ccc(-c5ccccc5)cc4)nc(-c4ccc5c(c4)C4(c6cc7c(cc6-5)sc5ccccc57)c5ccccc5C5(c6ccccc6-c6ccccc65)c5ccccc54)n3)cc21. The van der Waals surface area contributed by atoms with Crippen molar-refractivity contribution in [3.8, 4) is 78.7 Å². The summed E-state index contributed by atoms with van der Waals surface area (Å²) < 4.78 is 2.59. The van der Waals surface area contributed by atoms with Crippen LogP contribution >= 0.6 is 11.3 Å². The topological polar surface area (TPSA) is 38.7 Å². The third kappa shape index (κ3) is 5.69. The van der Waals surface area contributed by atoms with Crippen molar-refractivity contribution in [1.29, 1.82) is 0 Å². The molecule has 2 heterocycles. The molecule has 0 fully saturated rings. The molecular formula is C74H47N3S. The standard InChI is InChI=1S/C74H47N3S/c1-72(2)57-24-10-6-20-49(57)52-38-36-47(40-64(52)72)70-75-69(46-34-32-45(33-35-46)44-18-4-3-5-19-44)76-71(77-70)48-37-39-53-55-43-68-56(54-23-9-17-31-67(54)78-68)42-66(55)74(65(53)41-48)62-29-15-13-27-60(62)73(61-28-14-16-30-63(61)74)58-25-11-7-21-50(58)51-22-8-12-26-59(51)73/h3-43H,1-2H3. The normalized spacial score (nSPS) is 14.8. The number of hydrogen-bond donors (Lipinski definition) is 0. The molecule has 4 heteroatoms. The molecule has 3 nitrogen and oxygen atoms in total. The van der Waals surface area contributed by atoms with Gasteiger partial charge in [0.2, 0.25) is 0 Å². The van der Waals surface area contributed by atoms with Gasteiger partial charge in [-0.15, -0.1) is 11.3 Å². The summed E-state index contributed by atoms with van der Waals surface area (Å²) in [5, 5.41) is 2.58. The number of aromatic nitrogens is 3. The van der Waals surface area contributed by atoms with Crippen molar-refractivity contribution in [3.05, 3.63) is 304 Å². The van der Waals surface area contributed by atoms with E-state index in [1.165, 1.54) is 115 Å². The summed E-state index contributed by atoms with van der Waals surface area (Å²) in [5.74, 6) is 1.92. The molecular weight excluding hydrogens is 963 g/mol. The van der Waals surface area contributed by atoms with Crippen molar-refractivity contribution >= 4 is 31.5 Å². The van der Waals surface area contributed by atoms with E-state index in [9.17, 15) is 0 Å². The van der Waals surface area contributed by atoms with Gasteiger partial charge < -0.3 is 0 Å². The molecule has 78 heavy (non-hydrogen) atoms. The molecule has 0 aliphatic heterocycles. The average molecular weight is 1010 g/mol. The van der Waals surface area contributed by atoms with Crippen LogP contribution < -0.4 is 0 Å². The van der Waals surface area contributed by atoms with Gasteiger partial charge in [0.05, 0.1) is 10.8 Å². The minimum atomic E-state index is -0.713. The fraction of sp³-hybridized carbons (Fsp3) is 0.0676. The Morgan fingerprint density at radius 3 is 1.26 bits per heavy atom. The van der Waals surface area contributed by atoms with Crippen molar-refractivity contribution in [1.82, 2.24) is 15.0 Å². The monoisotopic (exact) mass is 1010 g/mol. The molecule has 0 atom stereocenters. The third-order valence-corrected chi connectivity index (χ3v) is 19.2. The number of nitrogens with zero attached hydrogens (tertiary/aromatic N) is 3. The van der Waals surface area contributed by atoms with Crippen LogP contribution in [-0.4, -0.2) is 15.0 Å². The van der Waals surface area contributed by atoms with E-state index < -0.39 is 10.8 Å². The molecule has 13 aromatic rings. The van der Waals surface area contributed by atoms with Gasteiger partial charge >= 0.3 is 0 Å². The summed E-state index contributed by atoms with van der Waals surface area (Å²) in [6.45, 7) is 4.66. The summed E-state index contributed by atoms with van der Waals surface area (Å²) in [6.07, 6.45) is 0. The van der Waals surface area contributed by atoms with Crippen LogP contribution in [0.2, 0.25) is 0 Å². The molecule has 0 unspecified atom stereocenters. The maximum atomic E-state index is 5.54. The molecule has 0 radical (unpaired) electrons. The average Bonchev–Trinajstić information content (AvgIpc) is 4.26. The van der Waals surface area contributed by atoms with E-state index in [1.807, 2.05) is 11.3 Å². The molecule has 0 bridgehead atoms. The van der Waals surface area contributed by atoms with Crippen molar-refractivity contribution in [2.75, 3.05) is 0 Å². The zero-order chi connectivity index (χ0) is 51.5. The van der Waals surface area contributed by atoms with Gasteiger partial charge in [-0.2, -0.15) is 0 Å². The van der Waals surface area contributed by atoms with Crippen LogP contribution in [0.25, 0.3) is 98.8 Å². The number of rotatable bonds is 4. The fourth-order valence-electron chi connectivity index (χ4n) is 14.7. The zero-order valence-corrected chi connectivity index (χ0v) is 43.7. The van der Waals surface area contributed by atoms with Crippen molar-refractivity contribution in [3.63, 3.8) is 0 Å². The largest absolute Gasteiger partial charge is 0.208 e. The van der Waals surface area contributed by atoms with Crippen LogP contribution in [-0.2, 0) is 16.2 Å². The number of benzene rings is 11. The Hall–Kier alpha value is -9.35. The maximum Gasteiger partial charge on any atom is 0.164 e. The van der Waals surface area contributed by atoms with E-state index in [0.29, 0.717) is 17.5 Å². The number of thiophene rings is 1. The maximum absolute atomic E-state index is 5.54. The number of hydrogen-bond acceptors (Lipinski definition) is 4. The van der Waals surface area contributed by atoms with Gasteiger partial charge in [0.15, 0.2) is 17.5 Å². The zero-order valence-electron chi connectivity index (χ0n) is 42.9. The third-order valence-electron chi connectivity index (χ3n) is 18.0. The lowest BCUT2D eigenvalue weighted by Crippen LogP contribution is -2.43. The Kier molecular flexibility index (Phi) is 8.92. The van der Waals surface area contributed by atoms with E-state index in [2.05, 4.69) is 263 Å². The Balaban J connectivity index is 0.933. The predicted molar refractivity (Wildman–Crippen MR) is 320 cm³/mol. The number of fused-ring (bicyclic) bond motifs is 22. The van der Waals surface area contributed by atoms with Gasteiger partial charge in [-0.3, -0.25) is 0 Å². The Morgan fingerprint density at radius 2 is 0.654 bits per heavy atom. The first-order valence-corrected chi connectivity index (χ1v) is 27.9. The first kappa shape index (κ1) is 43.8. The van der Waals surface area contributed by atoms with E-state index in [4.69, 9.17) is 15.0 Å². The smallest absolute Gasteiger partial charge is 0.164 e. The lowest BCUT2D eigenvalue weighted by molar-refractivity contribution is 0.633. The van der Waals surface area contributed by atoms with Gasteiger partial charge in [-0.05, 0) is 130 Å². The summed E-state index contributed by atoms with van der Waals surface area (Å²) in [4.78, 5) is 16.4. The Labute approximate surface area is 456 Å². The lowest BCUT2D eigenvalue weighted by atomic mass is 9.52. The second kappa shape index (κ2) is 15.9. The predicted octanol–water partition coefficient (Wildman–Crippen LogP) is 18.3. The Bertz CT molecular complexity index is 4620. The van der Waals surface area contributed by atoms with Gasteiger partial charge in [-0.25, -0.2) is 15.0 Å².